The molecule has 0 aliphatic rings. The lowest BCUT2D eigenvalue weighted by Crippen LogP contribution is -2.48. The molecule has 0 aliphatic heterocycles. The quantitative estimate of drug-likeness (QED) is 0.544. The number of carboxylic acids is 1. The van der Waals surface area contributed by atoms with Gasteiger partial charge in [0, 0.05) is 6.42 Å². The number of likely N-dealkylation sites (N-methyl/N-ethyl adjacent to an activating group) is 1. The number of rotatable bonds is 9. The Morgan fingerprint density at radius 2 is 1.69 bits per heavy atom. The number of carboxylic acid groups (broad SMARTS) is 1. The maximum Gasteiger partial charge on any atom is 0.339 e. The van der Waals surface area contributed by atoms with E-state index >= 15 is 0 Å². The zero-order valence-electron chi connectivity index (χ0n) is 16.9. The molecule has 0 heterocycles. The second kappa shape index (κ2) is 9.07. The number of nitrogens with zero attached hydrogens (tertiary/aromatic N) is 1. The van der Waals surface area contributed by atoms with Crippen LogP contribution in [0.2, 0.25) is 0 Å². The molecule has 1 unspecified atom stereocenters. The first-order valence-corrected chi connectivity index (χ1v) is 9.77. The van der Waals surface area contributed by atoms with Gasteiger partial charge in [-0.25, -0.2) is 4.79 Å². The van der Waals surface area contributed by atoms with E-state index < -0.39 is 12.1 Å². The fraction of sp³-hybridized carbons (Fsp3) is 0.292. The molecule has 0 saturated heterocycles. The van der Waals surface area contributed by atoms with Crippen LogP contribution in [0.25, 0.3) is 10.8 Å². The molecule has 3 aromatic carbocycles. The number of hydrogen-bond acceptors (Lipinski definition) is 3. The van der Waals surface area contributed by atoms with E-state index in [4.69, 9.17) is 4.74 Å². The SMILES string of the molecule is C[N+](C)(CCc1ccc2ccccc2c1)CC(O)COc1ccccc1C(=O)O. The van der Waals surface area contributed by atoms with Gasteiger partial charge in [0.25, 0.3) is 0 Å². The molecule has 152 valence electrons. The molecule has 0 aromatic heterocycles. The molecule has 1 atom stereocenters. The molecule has 5 nitrogen and oxygen atoms in total. The number of aliphatic hydroxyl groups is 1. The molecule has 0 saturated carbocycles. The highest BCUT2D eigenvalue weighted by atomic mass is 16.5. The molecule has 0 amide bonds. The third kappa shape index (κ3) is 5.79. The Balaban J connectivity index is 1.53. The van der Waals surface area contributed by atoms with Crippen LogP contribution in [0.1, 0.15) is 15.9 Å². The number of hydrogen-bond donors (Lipinski definition) is 2. The Bertz CT molecular complexity index is 983. The third-order valence-corrected chi connectivity index (χ3v) is 5.07. The maximum atomic E-state index is 11.3. The van der Waals surface area contributed by atoms with Crippen LogP contribution in [0.5, 0.6) is 5.75 Å². The summed E-state index contributed by atoms with van der Waals surface area (Å²) in [6.07, 6.45) is 0.219. The van der Waals surface area contributed by atoms with Crippen molar-refractivity contribution in [1.29, 1.82) is 0 Å². The van der Waals surface area contributed by atoms with Crippen LogP contribution in [-0.4, -0.2) is 60.6 Å². The summed E-state index contributed by atoms with van der Waals surface area (Å²) >= 11 is 0. The van der Waals surface area contributed by atoms with E-state index in [0.29, 0.717) is 11.0 Å². The Morgan fingerprint density at radius 3 is 2.45 bits per heavy atom. The van der Waals surface area contributed by atoms with Crippen LogP contribution in [0.3, 0.4) is 0 Å². The van der Waals surface area contributed by atoms with Gasteiger partial charge in [-0.3, -0.25) is 0 Å². The Hall–Kier alpha value is -2.89. The van der Waals surface area contributed by atoms with Crippen molar-refractivity contribution in [2.24, 2.45) is 0 Å². The van der Waals surface area contributed by atoms with E-state index in [-0.39, 0.29) is 17.9 Å². The summed E-state index contributed by atoms with van der Waals surface area (Å²) in [5, 5.41) is 22.1. The summed E-state index contributed by atoms with van der Waals surface area (Å²) in [5.74, 6) is -0.762. The molecule has 0 bridgehead atoms. The normalized spacial score (nSPS) is 12.7. The van der Waals surface area contributed by atoms with E-state index in [1.165, 1.54) is 22.4 Å². The Labute approximate surface area is 171 Å². The summed E-state index contributed by atoms with van der Waals surface area (Å²) in [7, 11) is 4.16. The fourth-order valence-corrected chi connectivity index (χ4v) is 3.50. The molecule has 0 radical (unpaired) electrons. The van der Waals surface area contributed by atoms with Crippen LogP contribution < -0.4 is 4.74 Å². The van der Waals surface area contributed by atoms with Gasteiger partial charge in [-0.05, 0) is 28.5 Å². The first kappa shape index (κ1) is 20.8. The second-order valence-electron chi connectivity index (χ2n) is 8.04. The van der Waals surface area contributed by atoms with E-state index in [1.807, 2.05) is 12.1 Å². The van der Waals surface area contributed by atoms with Gasteiger partial charge in [-0.1, -0.05) is 54.6 Å². The minimum atomic E-state index is -1.04. The number of aliphatic hydroxyl groups excluding tert-OH is 1. The highest BCUT2D eigenvalue weighted by Gasteiger charge is 2.22. The van der Waals surface area contributed by atoms with Gasteiger partial charge in [-0.15, -0.1) is 0 Å². The lowest BCUT2D eigenvalue weighted by atomic mass is 10.0. The van der Waals surface area contributed by atoms with Crippen molar-refractivity contribution in [3.8, 4) is 5.75 Å². The molecule has 3 aromatic rings. The number of ether oxygens (including phenoxy) is 1. The minimum Gasteiger partial charge on any atom is -0.490 e. The van der Waals surface area contributed by atoms with E-state index in [1.54, 1.807) is 18.2 Å². The molecule has 29 heavy (non-hydrogen) atoms. The van der Waals surface area contributed by atoms with Crippen molar-refractivity contribution < 1.29 is 24.2 Å². The first-order valence-electron chi connectivity index (χ1n) is 9.77. The number of quaternary nitrogens is 1. The molecular weight excluding hydrogens is 366 g/mol. The fourth-order valence-electron chi connectivity index (χ4n) is 3.50. The number of benzene rings is 3. The van der Waals surface area contributed by atoms with Crippen molar-refractivity contribution in [3.63, 3.8) is 0 Å². The molecule has 2 N–H and O–H groups in total. The largest absolute Gasteiger partial charge is 0.490 e. The number of carbonyl (C=O) groups is 1. The van der Waals surface area contributed by atoms with Crippen molar-refractivity contribution in [2.45, 2.75) is 12.5 Å². The minimum absolute atomic E-state index is 0.0575. The average molecular weight is 394 g/mol. The molecular formula is C24H28NO4+. The van der Waals surface area contributed by atoms with Gasteiger partial charge in [0.2, 0.25) is 0 Å². The monoisotopic (exact) mass is 394 g/mol. The van der Waals surface area contributed by atoms with Crippen LogP contribution >= 0.6 is 0 Å². The van der Waals surface area contributed by atoms with E-state index in [0.717, 1.165) is 13.0 Å². The summed E-state index contributed by atoms with van der Waals surface area (Å²) in [5.41, 5.74) is 1.38. The van der Waals surface area contributed by atoms with Crippen molar-refractivity contribution in [2.75, 3.05) is 33.8 Å². The van der Waals surface area contributed by atoms with Gasteiger partial charge in [-0.2, -0.15) is 0 Å². The summed E-state index contributed by atoms with van der Waals surface area (Å²) < 4.78 is 6.21. The average Bonchev–Trinajstić information content (AvgIpc) is 2.70. The van der Waals surface area contributed by atoms with Gasteiger partial charge < -0.3 is 19.4 Å². The lowest BCUT2D eigenvalue weighted by Gasteiger charge is -2.32. The molecule has 0 aliphatic carbocycles. The van der Waals surface area contributed by atoms with Gasteiger partial charge in [0.15, 0.2) is 0 Å². The molecule has 5 heteroatoms. The van der Waals surface area contributed by atoms with Crippen LogP contribution in [0, 0.1) is 0 Å². The van der Waals surface area contributed by atoms with Gasteiger partial charge in [0.05, 0.1) is 20.6 Å². The summed E-state index contributed by atoms with van der Waals surface area (Å²) in [4.78, 5) is 11.3. The standard InChI is InChI=1S/C24H27NO4/c1-25(2,14-13-18-11-12-19-7-3-4-8-20(19)15-18)16-21(26)17-29-23-10-6-5-9-22(23)24(27)28/h3-12,15,21,26H,13-14,16-17H2,1-2H3/p+1. The van der Waals surface area contributed by atoms with E-state index in [2.05, 4.69) is 44.4 Å². The van der Waals surface area contributed by atoms with Gasteiger partial charge >= 0.3 is 5.97 Å². The van der Waals surface area contributed by atoms with Crippen molar-refractivity contribution in [3.05, 3.63) is 77.9 Å². The first-order chi connectivity index (χ1) is 13.8. The van der Waals surface area contributed by atoms with Crippen LogP contribution in [0.4, 0.5) is 0 Å². The van der Waals surface area contributed by atoms with Crippen LogP contribution in [-0.2, 0) is 6.42 Å². The second-order valence-corrected chi connectivity index (χ2v) is 8.04. The van der Waals surface area contributed by atoms with Gasteiger partial charge in [0.1, 0.15) is 30.6 Å². The van der Waals surface area contributed by atoms with Crippen molar-refractivity contribution in [1.82, 2.24) is 0 Å². The zero-order chi connectivity index (χ0) is 20.9. The zero-order valence-corrected chi connectivity index (χ0v) is 16.9. The Kier molecular flexibility index (Phi) is 6.52. The number of para-hydroxylation sites is 1. The summed E-state index contributed by atoms with van der Waals surface area (Å²) in [6, 6.07) is 21.3. The predicted octanol–water partition coefficient (Wildman–Crippen LogP) is 3.60. The molecule has 0 spiro atoms. The topological polar surface area (TPSA) is 66.8 Å². The predicted molar refractivity (Wildman–Crippen MR) is 114 cm³/mol. The summed E-state index contributed by atoms with van der Waals surface area (Å²) in [6.45, 7) is 1.45. The lowest BCUT2D eigenvalue weighted by molar-refractivity contribution is -0.893. The third-order valence-electron chi connectivity index (χ3n) is 5.07. The van der Waals surface area contributed by atoms with Crippen molar-refractivity contribution >= 4 is 16.7 Å². The smallest absolute Gasteiger partial charge is 0.339 e. The Morgan fingerprint density at radius 1 is 1.00 bits per heavy atom. The number of aromatic carboxylic acids is 1. The highest BCUT2D eigenvalue weighted by Crippen LogP contribution is 2.19. The van der Waals surface area contributed by atoms with E-state index in [9.17, 15) is 15.0 Å². The van der Waals surface area contributed by atoms with Crippen LogP contribution in [0.15, 0.2) is 66.7 Å². The highest BCUT2D eigenvalue weighted by molar-refractivity contribution is 5.90. The maximum absolute atomic E-state index is 11.3. The number of fused-ring (bicyclic) bond motifs is 1. The molecule has 0 fully saturated rings. The molecule has 3 rings (SSSR count).